The summed E-state index contributed by atoms with van der Waals surface area (Å²) in [6.07, 6.45) is 1.96. The molecule has 0 saturated carbocycles. The number of benzene rings is 2. The Morgan fingerprint density at radius 1 is 1.11 bits per heavy atom. The minimum absolute atomic E-state index is 0.170. The first-order valence-corrected chi connectivity index (χ1v) is 8.88. The first-order chi connectivity index (χ1) is 13.7. The van der Waals surface area contributed by atoms with E-state index in [1.54, 1.807) is 31.4 Å². The Morgan fingerprint density at radius 3 is 2.82 bits per heavy atom. The molecule has 4 rings (SSSR count). The van der Waals surface area contributed by atoms with Gasteiger partial charge in [0.25, 0.3) is 5.56 Å². The molecule has 0 bridgehead atoms. The van der Waals surface area contributed by atoms with Crippen LogP contribution < -0.4 is 15.6 Å². The van der Waals surface area contributed by atoms with Crippen molar-refractivity contribution < 1.29 is 9.53 Å². The monoisotopic (exact) mass is 377 g/mol. The van der Waals surface area contributed by atoms with E-state index >= 15 is 0 Å². The van der Waals surface area contributed by atoms with Crippen molar-refractivity contribution in [2.45, 2.75) is 13.1 Å². The van der Waals surface area contributed by atoms with Crippen LogP contribution in [0.1, 0.15) is 0 Å². The number of carbonyl (C=O) groups is 1. The lowest BCUT2D eigenvalue weighted by Gasteiger charge is -2.09. The van der Waals surface area contributed by atoms with Gasteiger partial charge < -0.3 is 14.6 Å². The maximum atomic E-state index is 12.4. The molecule has 0 radical (unpaired) electrons. The number of fused-ring (bicyclic) bond motifs is 2. The van der Waals surface area contributed by atoms with Gasteiger partial charge in [-0.25, -0.2) is 4.68 Å². The quantitative estimate of drug-likeness (QED) is 0.551. The van der Waals surface area contributed by atoms with Gasteiger partial charge in [0.1, 0.15) is 17.8 Å². The highest BCUT2D eigenvalue weighted by Crippen LogP contribution is 2.25. The van der Waals surface area contributed by atoms with Gasteiger partial charge in [-0.1, -0.05) is 23.4 Å². The Bertz CT molecular complexity index is 1210. The summed E-state index contributed by atoms with van der Waals surface area (Å²) < 4.78 is 8.48. The maximum absolute atomic E-state index is 12.4. The van der Waals surface area contributed by atoms with Gasteiger partial charge in [0.15, 0.2) is 0 Å². The zero-order chi connectivity index (χ0) is 19.5. The average Bonchev–Trinajstić information content (AvgIpc) is 3.13. The molecule has 0 aliphatic heterocycles. The number of rotatable bonds is 6. The van der Waals surface area contributed by atoms with Crippen molar-refractivity contribution in [1.29, 1.82) is 0 Å². The van der Waals surface area contributed by atoms with Crippen LogP contribution >= 0.6 is 0 Å². The van der Waals surface area contributed by atoms with Crippen LogP contribution in [0.5, 0.6) is 5.75 Å². The van der Waals surface area contributed by atoms with Gasteiger partial charge in [0.05, 0.1) is 18.0 Å². The van der Waals surface area contributed by atoms with Crippen molar-refractivity contribution in [2.24, 2.45) is 0 Å². The highest BCUT2D eigenvalue weighted by Gasteiger charge is 2.10. The lowest BCUT2D eigenvalue weighted by Crippen LogP contribution is -2.35. The smallest absolute Gasteiger partial charge is 0.278 e. The van der Waals surface area contributed by atoms with Gasteiger partial charge >= 0.3 is 0 Å². The fourth-order valence-corrected chi connectivity index (χ4v) is 3.20. The molecule has 0 aliphatic carbocycles. The predicted molar refractivity (Wildman–Crippen MR) is 105 cm³/mol. The summed E-state index contributed by atoms with van der Waals surface area (Å²) in [5, 5.41) is 12.1. The molecule has 142 valence electrons. The number of hydrogen-bond donors (Lipinski definition) is 1. The summed E-state index contributed by atoms with van der Waals surface area (Å²) in [6.45, 7) is 0.854. The fraction of sp³-hybridized carbons (Fsp3) is 0.200. The average molecular weight is 377 g/mol. The number of hydrogen-bond acceptors (Lipinski definition) is 5. The van der Waals surface area contributed by atoms with Crippen molar-refractivity contribution in [3.8, 4) is 5.75 Å². The van der Waals surface area contributed by atoms with E-state index in [1.165, 1.54) is 0 Å². The van der Waals surface area contributed by atoms with Crippen LogP contribution in [0.15, 0.2) is 59.5 Å². The van der Waals surface area contributed by atoms with Crippen LogP contribution in [-0.4, -0.2) is 39.1 Å². The molecule has 8 heteroatoms. The second-order valence-electron chi connectivity index (χ2n) is 6.32. The minimum atomic E-state index is -0.329. The van der Waals surface area contributed by atoms with E-state index in [4.69, 9.17) is 4.74 Å². The summed E-state index contributed by atoms with van der Waals surface area (Å²) in [5.74, 6) is 0.523. The number of methoxy groups -OCH3 is 1. The van der Waals surface area contributed by atoms with Crippen LogP contribution in [0, 0.1) is 0 Å². The fourth-order valence-electron chi connectivity index (χ4n) is 3.20. The van der Waals surface area contributed by atoms with Crippen molar-refractivity contribution in [3.05, 3.63) is 65.1 Å². The Kier molecular flexibility index (Phi) is 4.76. The number of carbonyl (C=O) groups excluding carboxylic acids is 1. The number of nitrogens with one attached hydrogen (secondary N) is 1. The standard InChI is InChI=1S/C20H19N5O3/c1-28-18-8-4-7-17-15(18)9-11-24(17)12-10-21-19(26)13-25-20(27)14-5-2-3-6-16(14)22-23-25/h2-9,11H,10,12-13H2,1H3,(H,21,26). The molecule has 1 N–H and O–H groups in total. The zero-order valence-corrected chi connectivity index (χ0v) is 15.3. The van der Waals surface area contributed by atoms with Crippen molar-refractivity contribution >= 4 is 27.7 Å². The van der Waals surface area contributed by atoms with Gasteiger partial charge in [-0.05, 0) is 30.3 Å². The number of ether oxygens (including phenoxy) is 1. The Balaban J connectivity index is 1.40. The van der Waals surface area contributed by atoms with Crippen LogP contribution in [0.4, 0.5) is 0 Å². The second-order valence-corrected chi connectivity index (χ2v) is 6.32. The van der Waals surface area contributed by atoms with Gasteiger partial charge in [-0.3, -0.25) is 9.59 Å². The summed E-state index contributed by atoms with van der Waals surface area (Å²) in [6, 6.07) is 14.8. The summed E-state index contributed by atoms with van der Waals surface area (Å²) in [4.78, 5) is 24.6. The summed E-state index contributed by atoms with van der Waals surface area (Å²) >= 11 is 0. The minimum Gasteiger partial charge on any atom is -0.496 e. The molecule has 0 fully saturated rings. The van der Waals surface area contributed by atoms with E-state index in [9.17, 15) is 9.59 Å². The molecule has 4 aromatic rings. The molecule has 0 atom stereocenters. The Labute approximate surface area is 160 Å². The molecule has 0 saturated heterocycles. The van der Waals surface area contributed by atoms with E-state index in [0.29, 0.717) is 24.0 Å². The van der Waals surface area contributed by atoms with Crippen molar-refractivity contribution in [3.63, 3.8) is 0 Å². The molecule has 0 spiro atoms. The lowest BCUT2D eigenvalue weighted by atomic mass is 10.2. The molecule has 0 aliphatic rings. The molecule has 2 aromatic heterocycles. The third-order valence-corrected chi connectivity index (χ3v) is 4.59. The molecular weight excluding hydrogens is 358 g/mol. The normalized spacial score (nSPS) is 11.0. The van der Waals surface area contributed by atoms with Crippen LogP contribution in [0.3, 0.4) is 0 Å². The molecule has 2 aromatic carbocycles. The van der Waals surface area contributed by atoms with Gasteiger partial charge in [0.2, 0.25) is 5.91 Å². The van der Waals surface area contributed by atoms with E-state index in [2.05, 4.69) is 15.6 Å². The molecule has 1 amide bonds. The third kappa shape index (κ3) is 3.32. The van der Waals surface area contributed by atoms with E-state index in [1.807, 2.05) is 35.0 Å². The van der Waals surface area contributed by atoms with E-state index < -0.39 is 0 Å². The van der Waals surface area contributed by atoms with Gasteiger partial charge in [-0.15, -0.1) is 5.10 Å². The zero-order valence-electron chi connectivity index (χ0n) is 15.3. The first kappa shape index (κ1) is 17.7. The molecule has 28 heavy (non-hydrogen) atoms. The highest BCUT2D eigenvalue weighted by atomic mass is 16.5. The van der Waals surface area contributed by atoms with E-state index in [0.717, 1.165) is 21.3 Å². The van der Waals surface area contributed by atoms with Crippen molar-refractivity contribution in [2.75, 3.05) is 13.7 Å². The van der Waals surface area contributed by atoms with Crippen LogP contribution in [0.2, 0.25) is 0 Å². The topological polar surface area (TPSA) is 91.0 Å². The maximum Gasteiger partial charge on any atom is 0.278 e. The van der Waals surface area contributed by atoms with E-state index in [-0.39, 0.29) is 18.0 Å². The summed E-state index contributed by atoms with van der Waals surface area (Å²) in [7, 11) is 1.64. The second kappa shape index (κ2) is 7.51. The molecule has 2 heterocycles. The van der Waals surface area contributed by atoms with Crippen LogP contribution in [0.25, 0.3) is 21.8 Å². The SMILES string of the molecule is COc1cccc2c1ccn2CCNC(=O)Cn1nnc2ccccc2c1=O. The number of nitrogens with zero attached hydrogens (tertiary/aromatic N) is 4. The van der Waals surface area contributed by atoms with Gasteiger partial charge in [0, 0.05) is 24.7 Å². The Morgan fingerprint density at radius 2 is 1.96 bits per heavy atom. The lowest BCUT2D eigenvalue weighted by molar-refractivity contribution is -0.121. The highest BCUT2D eigenvalue weighted by molar-refractivity contribution is 5.86. The number of aromatic nitrogens is 4. The molecule has 8 nitrogen and oxygen atoms in total. The summed E-state index contributed by atoms with van der Waals surface area (Å²) in [5.41, 5.74) is 1.22. The molecular formula is C20H19N5O3. The predicted octanol–water partition coefficient (Wildman–Crippen LogP) is 1.57. The van der Waals surface area contributed by atoms with Crippen LogP contribution in [-0.2, 0) is 17.9 Å². The van der Waals surface area contributed by atoms with Gasteiger partial charge in [-0.2, -0.15) is 0 Å². The molecule has 0 unspecified atom stereocenters. The first-order valence-electron chi connectivity index (χ1n) is 8.88. The largest absolute Gasteiger partial charge is 0.496 e. The third-order valence-electron chi connectivity index (χ3n) is 4.59. The number of amides is 1. The van der Waals surface area contributed by atoms with Crippen molar-refractivity contribution in [1.82, 2.24) is 24.9 Å². The Hall–Kier alpha value is -3.68.